The van der Waals surface area contributed by atoms with Crippen molar-refractivity contribution in [1.29, 1.82) is 0 Å². The fourth-order valence-corrected chi connectivity index (χ4v) is 4.27. The van der Waals surface area contributed by atoms with Gasteiger partial charge in [0.1, 0.15) is 11.4 Å². The Morgan fingerprint density at radius 2 is 1.51 bits per heavy atom. The van der Waals surface area contributed by atoms with E-state index in [2.05, 4.69) is 10.6 Å². The first-order valence-electron chi connectivity index (χ1n) is 12.7. The van der Waals surface area contributed by atoms with Gasteiger partial charge in [0.15, 0.2) is 5.78 Å². The van der Waals surface area contributed by atoms with Crippen molar-refractivity contribution < 1.29 is 19.1 Å². The van der Waals surface area contributed by atoms with Gasteiger partial charge in [-0.2, -0.15) is 0 Å². The summed E-state index contributed by atoms with van der Waals surface area (Å²) in [5.74, 6) is -0.645. The van der Waals surface area contributed by atoms with Crippen molar-refractivity contribution >= 4 is 58.6 Å². The second-order valence-electron chi connectivity index (χ2n) is 8.74. The number of para-hydroxylation sites is 1. The van der Waals surface area contributed by atoms with Crippen LogP contribution in [-0.2, 0) is 4.79 Å². The first-order valence-corrected chi connectivity index (χ1v) is 13.5. The highest BCUT2D eigenvalue weighted by molar-refractivity contribution is 6.35. The van der Waals surface area contributed by atoms with Crippen LogP contribution in [0.1, 0.15) is 38.8 Å². The number of carbonyl (C=O) groups is 3. The second kappa shape index (κ2) is 14.1. The molecule has 8 heteroatoms. The molecule has 0 atom stereocenters. The van der Waals surface area contributed by atoms with Crippen molar-refractivity contribution in [3.8, 4) is 5.75 Å². The molecule has 41 heavy (non-hydrogen) atoms. The Morgan fingerprint density at radius 3 is 2.22 bits per heavy atom. The van der Waals surface area contributed by atoms with E-state index in [0.29, 0.717) is 50.3 Å². The molecule has 4 rings (SSSR count). The fraction of sp³-hybridized carbons (Fsp3) is 0.0606. The van der Waals surface area contributed by atoms with Gasteiger partial charge in [0.25, 0.3) is 11.8 Å². The lowest BCUT2D eigenvalue weighted by molar-refractivity contribution is -0.113. The molecular formula is C33H26Cl2N2O4. The maximum atomic E-state index is 13.4. The topological polar surface area (TPSA) is 84.5 Å². The summed E-state index contributed by atoms with van der Waals surface area (Å²) < 4.78 is 5.68. The van der Waals surface area contributed by atoms with Crippen LogP contribution in [0.15, 0.2) is 109 Å². The monoisotopic (exact) mass is 584 g/mol. The minimum atomic E-state index is -0.545. The molecule has 0 radical (unpaired) electrons. The Bertz CT molecular complexity index is 1610. The Hall–Kier alpha value is -4.65. The Labute approximate surface area is 248 Å². The van der Waals surface area contributed by atoms with Crippen molar-refractivity contribution in [2.24, 2.45) is 0 Å². The molecule has 0 saturated carbocycles. The first kappa shape index (κ1) is 29.3. The zero-order chi connectivity index (χ0) is 29.2. The number of amides is 2. The number of hydrogen-bond acceptors (Lipinski definition) is 4. The summed E-state index contributed by atoms with van der Waals surface area (Å²) in [4.78, 5) is 38.9. The maximum Gasteiger partial charge on any atom is 0.272 e. The van der Waals surface area contributed by atoms with Crippen LogP contribution in [0.3, 0.4) is 0 Å². The van der Waals surface area contributed by atoms with Crippen LogP contribution < -0.4 is 15.4 Å². The van der Waals surface area contributed by atoms with Crippen molar-refractivity contribution in [2.45, 2.75) is 6.92 Å². The minimum Gasteiger partial charge on any atom is -0.493 e. The average molecular weight is 585 g/mol. The zero-order valence-corrected chi connectivity index (χ0v) is 23.6. The Morgan fingerprint density at radius 1 is 0.805 bits per heavy atom. The molecule has 0 fully saturated rings. The van der Waals surface area contributed by atoms with Crippen LogP contribution in [0.5, 0.6) is 5.75 Å². The normalized spacial score (nSPS) is 11.2. The molecule has 206 valence electrons. The number of halogens is 2. The molecule has 0 aliphatic carbocycles. The van der Waals surface area contributed by atoms with E-state index in [-0.39, 0.29) is 11.5 Å². The quantitative estimate of drug-likeness (QED) is 0.148. The van der Waals surface area contributed by atoms with Gasteiger partial charge < -0.3 is 15.4 Å². The van der Waals surface area contributed by atoms with Crippen LogP contribution >= 0.6 is 23.2 Å². The van der Waals surface area contributed by atoms with E-state index in [0.717, 1.165) is 0 Å². The second-order valence-corrected chi connectivity index (χ2v) is 9.59. The third kappa shape index (κ3) is 8.18. The summed E-state index contributed by atoms with van der Waals surface area (Å²) in [6.07, 6.45) is 4.59. The molecule has 0 heterocycles. The number of ketones is 1. The standard InChI is InChI=1S/C33H26Cl2N2O4/c1-2-41-31-11-7-6-10-25(31)20-29(37-32(39)24-8-4-3-5-9-24)33(40)36-27-17-13-23(14-18-27)30(38)19-15-22-12-16-26(34)21-28(22)35/h3-21H,2H2,1H3,(H,36,40)(H,37,39)/b19-15+,29-20-. The highest BCUT2D eigenvalue weighted by Crippen LogP contribution is 2.23. The smallest absolute Gasteiger partial charge is 0.272 e. The number of ether oxygens (including phenoxy) is 1. The van der Waals surface area contributed by atoms with E-state index in [1.54, 1.807) is 97.1 Å². The van der Waals surface area contributed by atoms with Gasteiger partial charge in [-0.25, -0.2) is 0 Å². The number of rotatable bonds is 10. The maximum absolute atomic E-state index is 13.4. The molecule has 4 aromatic rings. The predicted octanol–water partition coefficient (Wildman–Crippen LogP) is 7.70. The van der Waals surface area contributed by atoms with Gasteiger partial charge >= 0.3 is 0 Å². The van der Waals surface area contributed by atoms with E-state index in [1.165, 1.54) is 6.08 Å². The van der Waals surface area contributed by atoms with E-state index in [4.69, 9.17) is 27.9 Å². The molecule has 0 aromatic heterocycles. The van der Waals surface area contributed by atoms with Gasteiger partial charge in [-0.05, 0) is 85.3 Å². The molecule has 0 aliphatic heterocycles. The van der Waals surface area contributed by atoms with Gasteiger partial charge in [0.2, 0.25) is 0 Å². The number of carbonyl (C=O) groups excluding carboxylic acids is 3. The summed E-state index contributed by atoms with van der Waals surface area (Å²) in [6.45, 7) is 2.30. The number of benzene rings is 4. The number of hydrogen-bond donors (Lipinski definition) is 2. The Kier molecular flexibility index (Phi) is 10.1. The largest absolute Gasteiger partial charge is 0.493 e. The van der Waals surface area contributed by atoms with Crippen molar-refractivity contribution in [1.82, 2.24) is 5.32 Å². The molecule has 0 saturated heterocycles. The molecule has 4 aromatic carbocycles. The molecule has 6 nitrogen and oxygen atoms in total. The van der Waals surface area contributed by atoms with Crippen LogP contribution in [0.4, 0.5) is 5.69 Å². The lowest BCUT2D eigenvalue weighted by Crippen LogP contribution is -2.30. The zero-order valence-electron chi connectivity index (χ0n) is 22.1. The summed E-state index contributed by atoms with van der Waals surface area (Å²) in [5, 5.41) is 6.44. The fourth-order valence-electron chi connectivity index (χ4n) is 3.80. The molecule has 0 unspecified atom stereocenters. The van der Waals surface area contributed by atoms with Gasteiger partial charge in [0.05, 0.1) is 6.61 Å². The summed E-state index contributed by atoms with van der Waals surface area (Å²) >= 11 is 12.1. The van der Waals surface area contributed by atoms with Crippen LogP contribution in [-0.4, -0.2) is 24.2 Å². The molecule has 0 aliphatic rings. The number of allylic oxidation sites excluding steroid dienone is 1. The number of anilines is 1. The molecule has 2 N–H and O–H groups in total. The summed E-state index contributed by atoms with van der Waals surface area (Å²) in [5.41, 5.74) is 2.57. The highest BCUT2D eigenvalue weighted by atomic mass is 35.5. The molecule has 2 amide bonds. The third-order valence-corrected chi connectivity index (χ3v) is 6.41. The van der Waals surface area contributed by atoms with Crippen molar-refractivity contribution in [3.05, 3.63) is 141 Å². The first-order chi connectivity index (χ1) is 19.8. The molecule has 0 spiro atoms. The van der Waals surface area contributed by atoms with Crippen molar-refractivity contribution in [2.75, 3.05) is 11.9 Å². The van der Waals surface area contributed by atoms with E-state index >= 15 is 0 Å². The third-order valence-electron chi connectivity index (χ3n) is 5.85. The van der Waals surface area contributed by atoms with Crippen molar-refractivity contribution in [3.63, 3.8) is 0 Å². The summed E-state index contributed by atoms with van der Waals surface area (Å²) in [6, 6.07) is 27.2. The minimum absolute atomic E-state index is 0.0222. The van der Waals surface area contributed by atoms with Gasteiger partial charge in [-0.1, -0.05) is 65.7 Å². The Balaban J connectivity index is 1.53. The summed E-state index contributed by atoms with van der Waals surface area (Å²) in [7, 11) is 0. The lowest BCUT2D eigenvalue weighted by atomic mass is 10.1. The predicted molar refractivity (Wildman–Crippen MR) is 164 cm³/mol. The average Bonchev–Trinajstić information content (AvgIpc) is 2.98. The SMILES string of the molecule is CCOc1ccccc1/C=C(\NC(=O)c1ccccc1)C(=O)Nc1ccc(C(=O)/C=C/c2ccc(Cl)cc2Cl)cc1. The number of nitrogens with one attached hydrogen (secondary N) is 2. The van der Waals surface area contributed by atoms with Gasteiger partial charge in [0, 0.05) is 32.4 Å². The van der Waals surface area contributed by atoms with Crippen LogP contribution in [0.2, 0.25) is 10.0 Å². The lowest BCUT2D eigenvalue weighted by Gasteiger charge is -2.13. The van der Waals surface area contributed by atoms with Crippen LogP contribution in [0.25, 0.3) is 12.2 Å². The van der Waals surface area contributed by atoms with Gasteiger partial charge in [-0.3, -0.25) is 14.4 Å². The molecular weight excluding hydrogens is 559 g/mol. The van der Waals surface area contributed by atoms with E-state index < -0.39 is 11.8 Å². The van der Waals surface area contributed by atoms with E-state index in [9.17, 15) is 14.4 Å². The van der Waals surface area contributed by atoms with E-state index in [1.807, 2.05) is 19.1 Å². The van der Waals surface area contributed by atoms with Gasteiger partial charge in [-0.15, -0.1) is 0 Å². The molecule has 0 bridgehead atoms. The highest BCUT2D eigenvalue weighted by Gasteiger charge is 2.16. The van der Waals surface area contributed by atoms with Crippen LogP contribution in [0, 0.1) is 0 Å².